The van der Waals surface area contributed by atoms with Gasteiger partial charge in [0, 0.05) is 31.1 Å². The standard InChI is InChI=1S/C30H41N3O4S.ClH/c1-5-6-17-33-28(35)26(27(34)21(2)3)31-29(36)30(33)15-18-32(19-16-30)20-22-7-9-23(10-8-22)37-24-11-13-25(38-4)14-12-24;/h7-14,21,26-27,34H,5-6,15-20H2,1-4H3,(H,31,36);1H/t26-,27-;/m1./s1. The number of nitrogens with one attached hydrogen (secondary N) is 1. The number of ether oxygens (including phenoxy) is 1. The van der Waals surface area contributed by atoms with Crippen LogP contribution in [0.5, 0.6) is 11.5 Å². The number of piperazine rings is 1. The quantitative estimate of drug-likeness (QED) is 0.384. The van der Waals surface area contributed by atoms with Crippen LogP contribution in [0.2, 0.25) is 0 Å². The van der Waals surface area contributed by atoms with Gasteiger partial charge in [0.2, 0.25) is 11.8 Å². The number of rotatable bonds is 10. The molecule has 2 saturated heterocycles. The van der Waals surface area contributed by atoms with Crippen LogP contribution in [-0.2, 0) is 16.1 Å². The summed E-state index contributed by atoms with van der Waals surface area (Å²) < 4.78 is 5.98. The van der Waals surface area contributed by atoms with Gasteiger partial charge in [-0.1, -0.05) is 39.3 Å². The Morgan fingerprint density at radius 3 is 2.18 bits per heavy atom. The molecule has 2 heterocycles. The van der Waals surface area contributed by atoms with Crippen LogP contribution >= 0.6 is 24.2 Å². The Balaban J connectivity index is 0.00000420. The Kier molecular flexibility index (Phi) is 11.1. The van der Waals surface area contributed by atoms with Crippen LogP contribution in [0.4, 0.5) is 0 Å². The van der Waals surface area contributed by atoms with Crippen molar-refractivity contribution in [3.8, 4) is 11.5 Å². The van der Waals surface area contributed by atoms with Crippen molar-refractivity contribution < 1.29 is 19.4 Å². The summed E-state index contributed by atoms with van der Waals surface area (Å²) in [6, 6.07) is 15.3. The molecule has 2 amide bonds. The number of carbonyl (C=O) groups excluding carboxylic acids is 2. The Morgan fingerprint density at radius 1 is 1.05 bits per heavy atom. The van der Waals surface area contributed by atoms with E-state index in [9.17, 15) is 14.7 Å². The number of nitrogens with zero attached hydrogens (tertiary/aromatic N) is 2. The van der Waals surface area contributed by atoms with E-state index in [1.165, 1.54) is 10.5 Å². The summed E-state index contributed by atoms with van der Waals surface area (Å²) in [5.74, 6) is 1.22. The minimum Gasteiger partial charge on any atom is -0.457 e. The summed E-state index contributed by atoms with van der Waals surface area (Å²) in [5, 5.41) is 13.5. The molecule has 7 nitrogen and oxygen atoms in total. The van der Waals surface area contributed by atoms with Crippen LogP contribution in [0.15, 0.2) is 53.4 Å². The SMILES string of the molecule is CCCCN1C(=O)[C@@H]([C@H](O)C(C)C)NC(=O)C12CCN(Cc1ccc(Oc3ccc(SC)cc3)cc1)CC2.Cl. The summed E-state index contributed by atoms with van der Waals surface area (Å²) in [5.41, 5.74) is 0.345. The second-order valence-corrected chi connectivity index (χ2v) is 11.6. The van der Waals surface area contributed by atoms with Crippen molar-refractivity contribution in [3.05, 3.63) is 54.1 Å². The Hall–Kier alpha value is -2.26. The first-order valence-corrected chi connectivity index (χ1v) is 14.9. The summed E-state index contributed by atoms with van der Waals surface area (Å²) in [4.78, 5) is 32.3. The van der Waals surface area contributed by atoms with E-state index in [2.05, 4.69) is 35.5 Å². The third-order valence-electron chi connectivity index (χ3n) is 7.83. The summed E-state index contributed by atoms with van der Waals surface area (Å²) >= 11 is 1.70. The number of piperidine rings is 1. The Labute approximate surface area is 243 Å². The van der Waals surface area contributed by atoms with E-state index in [4.69, 9.17) is 4.74 Å². The maximum Gasteiger partial charge on any atom is 0.248 e. The van der Waals surface area contributed by atoms with Crippen LogP contribution < -0.4 is 10.1 Å². The number of carbonyl (C=O) groups is 2. The van der Waals surface area contributed by atoms with Gasteiger partial charge in [0.15, 0.2) is 0 Å². The topological polar surface area (TPSA) is 82.1 Å². The molecule has 2 N–H and O–H groups in total. The molecule has 4 rings (SSSR count). The van der Waals surface area contributed by atoms with Gasteiger partial charge in [-0.3, -0.25) is 14.5 Å². The number of halogens is 1. The number of benzene rings is 2. The fraction of sp³-hybridized carbons (Fsp3) is 0.533. The average Bonchev–Trinajstić information content (AvgIpc) is 2.93. The minimum absolute atomic E-state index is 0. The van der Waals surface area contributed by atoms with E-state index >= 15 is 0 Å². The van der Waals surface area contributed by atoms with Crippen LogP contribution in [0.25, 0.3) is 0 Å². The highest BCUT2D eigenvalue weighted by molar-refractivity contribution is 7.98. The first-order chi connectivity index (χ1) is 18.3. The van der Waals surface area contributed by atoms with Gasteiger partial charge in [-0.2, -0.15) is 0 Å². The number of aliphatic hydroxyl groups excluding tert-OH is 1. The van der Waals surface area contributed by atoms with Crippen molar-refractivity contribution in [1.29, 1.82) is 0 Å². The number of aliphatic hydroxyl groups is 1. The van der Waals surface area contributed by atoms with Crippen LogP contribution in [-0.4, -0.2) is 70.3 Å². The lowest BCUT2D eigenvalue weighted by atomic mass is 9.80. The molecule has 214 valence electrons. The van der Waals surface area contributed by atoms with Gasteiger partial charge in [-0.05, 0) is 73.4 Å². The van der Waals surface area contributed by atoms with Crippen molar-refractivity contribution in [3.63, 3.8) is 0 Å². The van der Waals surface area contributed by atoms with Crippen molar-refractivity contribution in [2.24, 2.45) is 5.92 Å². The van der Waals surface area contributed by atoms with Crippen LogP contribution in [0, 0.1) is 5.92 Å². The van der Waals surface area contributed by atoms with Crippen molar-refractivity contribution in [2.75, 3.05) is 25.9 Å². The zero-order valence-electron chi connectivity index (χ0n) is 23.4. The van der Waals surface area contributed by atoms with E-state index in [0.717, 1.165) is 44.0 Å². The number of hydrogen-bond donors (Lipinski definition) is 2. The van der Waals surface area contributed by atoms with Crippen LogP contribution in [0.3, 0.4) is 0 Å². The molecule has 0 bridgehead atoms. The Bertz CT molecular complexity index is 1090. The lowest BCUT2D eigenvalue weighted by Gasteiger charge is -2.52. The first kappa shape index (κ1) is 31.3. The smallest absolute Gasteiger partial charge is 0.248 e. The van der Waals surface area contributed by atoms with Crippen molar-refractivity contribution in [1.82, 2.24) is 15.1 Å². The maximum atomic E-state index is 13.5. The molecule has 0 radical (unpaired) electrons. The van der Waals surface area contributed by atoms with Gasteiger partial charge in [0.1, 0.15) is 23.1 Å². The number of amides is 2. The van der Waals surface area contributed by atoms with Gasteiger partial charge in [-0.25, -0.2) is 0 Å². The summed E-state index contributed by atoms with van der Waals surface area (Å²) in [7, 11) is 0. The molecule has 2 aliphatic heterocycles. The third-order valence-corrected chi connectivity index (χ3v) is 8.57. The molecule has 39 heavy (non-hydrogen) atoms. The molecule has 0 unspecified atom stereocenters. The molecule has 2 aromatic rings. The molecular weight excluding hydrogens is 534 g/mol. The molecule has 2 aromatic carbocycles. The van der Waals surface area contributed by atoms with E-state index in [-0.39, 0.29) is 30.1 Å². The van der Waals surface area contributed by atoms with E-state index < -0.39 is 17.7 Å². The average molecular weight is 576 g/mol. The molecule has 1 spiro atoms. The van der Waals surface area contributed by atoms with Crippen molar-refractivity contribution in [2.45, 2.75) is 75.6 Å². The van der Waals surface area contributed by atoms with Crippen molar-refractivity contribution >= 4 is 36.0 Å². The fourth-order valence-electron chi connectivity index (χ4n) is 5.37. The highest BCUT2D eigenvalue weighted by Crippen LogP contribution is 2.35. The number of unbranched alkanes of at least 4 members (excludes halogenated alkanes) is 1. The lowest BCUT2D eigenvalue weighted by Crippen LogP contribution is -2.74. The minimum atomic E-state index is -0.894. The molecule has 0 saturated carbocycles. The second-order valence-electron chi connectivity index (χ2n) is 10.8. The van der Waals surface area contributed by atoms with E-state index in [1.54, 1.807) is 16.7 Å². The zero-order valence-corrected chi connectivity index (χ0v) is 25.0. The van der Waals surface area contributed by atoms with E-state index in [0.29, 0.717) is 19.4 Å². The highest BCUT2D eigenvalue weighted by Gasteiger charge is 2.54. The van der Waals surface area contributed by atoms with E-state index in [1.807, 2.05) is 50.2 Å². The molecule has 0 aliphatic carbocycles. The molecular formula is C30H42ClN3O4S. The monoisotopic (exact) mass is 575 g/mol. The second kappa shape index (κ2) is 13.9. The van der Waals surface area contributed by atoms with Gasteiger partial charge in [0.25, 0.3) is 0 Å². The third kappa shape index (κ3) is 7.09. The normalized spacial score (nSPS) is 20.1. The number of likely N-dealkylation sites (tertiary alicyclic amines) is 1. The lowest BCUT2D eigenvalue weighted by molar-refractivity contribution is -0.165. The van der Waals surface area contributed by atoms with Gasteiger partial charge >= 0.3 is 0 Å². The molecule has 2 fully saturated rings. The molecule has 2 atom stereocenters. The fourth-order valence-corrected chi connectivity index (χ4v) is 5.78. The largest absolute Gasteiger partial charge is 0.457 e. The summed E-state index contributed by atoms with van der Waals surface area (Å²) in [6.45, 7) is 8.59. The highest BCUT2D eigenvalue weighted by atomic mass is 35.5. The van der Waals surface area contributed by atoms with Gasteiger partial charge in [-0.15, -0.1) is 24.2 Å². The summed E-state index contributed by atoms with van der Waals surface area (Å²) in [6.07, 6.45) is 4.11. The zero-order chi connectivity index (χ0) is 27.3. The predicted octanol–water partition coefficient (Wildman–Crippen LogP) is 5.10. The predicted molar refractivity (Wildman–Crippen MR) is 159 cm³/mol. The molecule has 2 aliphatic rings. The van der Waals surface area contributed by atoms with Gasteiger partial charge < -0.3 is 20.1 Å². The molecule has 9 heteroatoms. The number of hydrogen-bond acceptors (Lipinski definition) is 6. The first-order valence-electron chi connectivity index (χ1n) is 13.7. The van der Waals surface area contributed by atoms with Gasteiger partial charge in [0.05, 0.1) is 6.10 Å². The maximum absolute atomic E-state index is 13.5. The molecule has 0 aromatic heterocycles. The van der Waals surface area contributed by atoms with Crippen LogP contribution in [0.1, 0.15) is 52.0 Å². The number of thioether (sulfide) groups is 1. The Morgan fingerprint density at radius 2 is 1.64 bits per heavy atom.